The molecule has 21 heavy (non-hydrogen) atoms. The fourth-order valence-corrected chi connectivity index (χ4v) is 3.07. The molecule has 0 amide bonds. The predicted molar refractivity (Wildman–Crippen MR) is 87.7 cm³/mol. The zero-order chi connectivity index (χ0) is 15.2. The number of benzene rings is 1. The van der Waals surface area contributed by atoms with Crippen molar-refractivity contribution in [2.75, 3.05) is 40.3 Å². The first kappa shape index (κ1) is 16.3. The Bertz CT molecular complexity index is 436. The van der Waals surface area contributed by atoms with Crippen LogP contribution in [0.4, 0.5) is 0 Å². The van der Waals surface area contributed by atoms with E-state index in [0.717, 1.165) is 30.9 Å². The van der Waals surface area contributed by atoms with Crippen molar-refractivity contribution in [2.24, 2.45) is 5.73 Å². The highest BCUT2D eigenvalue weighted by Crippen LogP contribution is 2.25. The second-order valence-electron chi connectivity index (χ2n) is 6.10. The number of nitrogens with two attached hydrogens (primary N) is 1. The van der Waals surface area contributed by atoms with Gasteiger partial charge in [-0.05, 0) is 46.5 Å². The van der Waals surface area contributed by atoms with Crippen molar-refractivity contribution in [1.82, 2.24) is 9.80 Å². The third-order valence-electron chi connectivity index (χ3n) is 4.28. The Morgan fingerprint density at radius 2 is 2.14 bits per heavy atom. The Hall–Kier alpha value is -1.10. The van der Waals surface area contributed by atoms with Crippen LogP contribution in [0.25, 0.3) is 0 Å². The van der Waals surface area contributed by atoms with Crippen molar-refractivity contribution in [3.63, 3.8) is 0 Å². The molecule has 0 bridgehead atoms. The van der Waals surface area contributed by atoms with Crippen LogP contribution in [0.2, 0.25) is 0 Å². The summed E-state index contributed by atoms with van der Waals surface area (Å²) in [5.74, 6) is 0.925. The molecule has 1 aliphatic rings. The summed E-state index contributed by atoms with van der Waals surface area (Å²) in [7, 11) is 4.33. The summed E-state index contributed by atoms with van der Waals surface area (Å²) in [6.07, 6.45) is 2.54. The lowest BCUT2D eigenvalue weighted by atomic mass is 10.0. The van der Waals surface area contributed by atoms with Crippen molar-refractivity contribution in [3.8, 4) is 5.75 Å². The lowest BCUT2D eigenvalue weighted by molar-refractivity contribution is 0.127. The smallest absolute Gasteiger partial charge is 0.124 e. The van der Waals surface area contributed by atoms with Gasteiger partial charge in [-0.15, -0.1) is 0 Å². The minimum absolute atomic E-state index is 0.00802. The van der Waals surface area contributed by atoms with Gasteiger partial charge in [-0.3, -0.25) is 4.90 Å². The number of likely N-dealkylation sites (tertiary alicyclic amines) is 1. The largest absolute Gasteiger partial charge is 0.494 e. The first-order valence-electron chi connectivity index (χ1n) is 7.98. The van der Waals surface area contributed by atoms with Gasteiger partial charge < -0.3 is 15.4 Å². The SMILES string of the molecule is CCOc1ccccc1C(N)CN1CCCC(N(C)C)C1. The fourth-order valence-electron chi connectivity index (χ4n) is 3.07. The van der Waals surface area contributed by atoms with Crippen molar-refractivity contribution < 1.29 is 4.74 Å². The van der Waals surface area contributed by atoms with Crippen LogP contribution in [-0.4, -0.2) is 56.2 Å². The van der Waals surface area contributed by atoms with Crippen molar-refractivity contribution >= 4 is 0 Å². The molecule has 0 aliphatic carbocycles. The molecule has 4 heteroatoms. The molecule has 2 atom stereocenters. The molecule has 0 saturated carbocycles. The van der Waals surface area contributed by atoms with Gasteiger partial charge in [0, 0.05) is 30.7 Å². The topological polar surface area (TPSA) is 41.7 Å². The third kappa shape index (κ3) is 4.43. The molecule has 4 nitrogen and oxygen atoms in total. The quantitative estimate of drug-likeness (QED) is 0.871. The van der Waals surface area contributed by atoms with E-state index in [1.165, 1.54) is 12.8 Å². The minimum Gasteiger partial charge on any atom is -0.494 e. The lowest BCUT2D eigenvalue weighted by Crippen LogP contribution is -2.47. The zero-order valence-corrected chi connectivity index (χ0v) is 13.6. The molecule has 1 aromatic carbocycles. The number of rotatable bonds is 6. The molecular formula is C17H29N3O. The summed E-state index contributed by atoms with van der Waals surface area (Å²) in [6.45, 7) is 5.84. The highest BCUT2D eigenvalue weighted by molar-refractivity contribution is 5.36. The Kier molecular flexibility index (Phi) is 6.03. The first-order chi connectivity index (χ1) is 10.1. The summed E-state index contributed by atoms with van der Waals surface area (Å²) in [4.78, 5) is 4.81. The average Bonchev–Trinajstić information content (AvgIpc) is 2.48. The van der Waals surface area contributed by atoms with Crippen LogP contribution in [0.1, 0.15) is 31.4 Å². The Balaban J connectivity index is 1.99. The molecule has 1 fully saturated rings. The van der Waals surface area contributed by atoms with Crippen LogP contribution >= 0.6 is 0 Å². The molecule has 118 valence electrons. The van der Waals surface area contributed by atoms with E-state index in [0.29, 0.717) is 12.6 Å². The number of hydrogen-bond donors (Lipinski definition) is 1. The Morgan fingerprint density at radius 1 is 1.38 bits per heavy atom. The molecule has 2 rings (SSSR count). The van der Waals surface area contributed by atoms with E-state index < -0.39 is 0 Å². The second-order valence-corrected chi connectivity index (χ2v) is 6.10. The Labute approximate surface area is 128 Å². The van der Waals surface area contributed by atoms with Gasteiger partial charge in [0.2, 0.25) is 0 Å². The molecule has 0 radical (unpaired) electrons. The summed E-state index contributed by atoms with van der Waals surface area (Å²) in [6, 6.07) is 8.79. The maximum absolute atomic E-state index is 6.44. The van der Waals surface area contributed by atoms with E-state index in [-0.39, 0.29) is 6.04 Å². The second kappa shape index (κ2) is 7.78. The molecule has 0 spiro atoms. The standard InChI is InChI=1S/C17H29N3O/c1-4-21-17-10-6-5-9-15(17)16(18)13-20-11-7-8-14(12-20)19(2)3/h5-6,9-10,14,16H,4,7-8,11-13,18H2,1-3H3. The Morgan fingerprint density at radius 3 is 2.86 bits per heavy atom. The maximum Gasteiger partial charge on any atom is 0.124 e. The van der Waals surface area contributed by atoms with Crippen LogP contribution in [-0.2, 0) is 0 Å². The molecule has 2 unspecified atom stereocenters. The normalized spacial score (nSPS) is 21.5. The van der Waals surface area contributed by atoms with E-state index in [4.69, 9.17) is 10.5 Å². The van der Waals surface area contributed by atoms with Gasteiger partial charge in [0.05, 0.1) is 6.61 Å². The minimum atomic E-state index is 0.00802. The van der Waals surface area contributed by atoms with E-state index in [1.807, 2.05) is 25.1 Å². The summed E-state index contributed by atoms with van der Waals surface area (Å²) < 4.78 is 5.70. The van der Waals surface area contributed by atoms with E-state index in [1.54, 1.807) is 0 Å². The average molecular weight is 291 g/mol. The molecule has 1 aliphatic heterocycles. The van der Waals surface area contributed by atoms with Gasteiger partial charge in [-0.1, -0.05) is 18.2 Å². The molecule has 0 aromatic heterocycles. The van der Waals surface area contributed by atoms with Gasteiger partial charge in [0.15, 0.2) is 0 Å². The predicted octanol–water partition coefficient (Wildman–Crippen LogP) is 2.11. The van der Waals surface area contributed by atoms with Gasteiger partial charge in [-0.2, -0.15) is 0 Å². The van der Waals surface area contributed by atoms with Gasteiger partial charge in [0.1, 0.15) is 5.75 Å². The van der Waals surface area contributed by atoms with Crippen molar-refractivity contribution in [3.05, 3.63) is 29.8 Å². The molecule has 2 N–H and O–H groups in total. The number of piperidine rings is 1. The number of nitrogens with zero attached hydrogens (tertiary/aromatic N) is 2. The molecular weight excluding hydrogens is 262 g/mol. The maximum atomic E-state index is 6.44. The lowest BCUT2D eigenvalue weighted by Gasteiger charge is -2.37. The molecule has 1 aromatic rings. The van der Waals surface area contributed by atoms with Crippen LogP contribution in [0.5, 0.6) is 5.75 Å². The van der Waals surface area contributed by atoms with Crippen molar-refractivity contribution in [2.45, 2.75) is 31.8 Å². The number of likely N-dealkylation sites (N-methyl/N-ethyl adjacent to an activating group) is 1. The van der Waals surface area contributed by atoms with E-state index in [9.17, 15) is 0 Å². The highest BCUT2D eigenvalue weighted by atomic mass is 16.5. The summed E-state index contributed by atoms with van der Waals surface area (Å²) in [5.41, 5.74) is 7.56. The van der Waals surface area contributed by atoms with E-state index in [2.05, 4.69) is 30.0 Å². The van der Waals surface area contributed by atoms with Gasteiger partial charge in [-0.25, -0.2) is 0 Å². The van der Waals surface area contributed by atoms with Gasteiger partial charge in [0.25, 0.3) is 0 Å². The van der Waals surface area contributed by atoms with Crippen LogP contribution in [0.3, 0.4) is 0 Å². The zero-order valence-electron chi connectivity index (χ0n) is 13.6. The summed E-state index contributed by atoms with van der Waals surface area (Å²) in [5, 5.41) is 0. The van der Waals surface area contributed by atoms with Crippen LogP contribution < -0.4 is 10.5 Å². The molecule has 1 heterocycles. The van der Waals surface area contributed by atoms with E-state index >= 15 is 0 Å². The molecule has 1 saturated heterocycles. The monoisotopic (exact) mass is 291 g/mol. The first-order valence-corrected chi connectivity index (χ1v) is 7.98. The highest BCUT2D eigenvalue weighted by Gasteiger charge is 2.23. The van der Waals surface area contributed by atoms with Gasteiger partial charge >= 0.3 is 0 Å². The summed E-state index contributed by atoms with van der Waals surface area (Å²) >= 11 is 0. The van der Waals surface area contributed by atoms with Crippen LogP contribution in [0.15, 0.2) is 24.3 Å². The third-order valence-corrected chi connectivity index (χ3v) is 4.28. The number of ether oxygens (including phenoxy) is 1. The van der Waals surface area contributed by atoms with Crippen LogP contribution in [0, 0.1) is 0 Å². The fraction of sp³-hybridized carbons (Fsp3) is 0.647. The number of para-hydroxylation sites is 1. The number of hydrogen-bond acceptors (Lipinski definition) is 4. The van der Waals surface area contributed by atoms with Crippen molar-refractivity contribution in [1.29, 1.82) is 0 Å².